The molecular weight excluding hydrogens is 204 g/mol. The first-order valence-electron chi connectivity index (χ1n) is 6.24. The molecule has 0 aromatic carbocycles. The molecule has 0 spiro atoms. The molecule has 1 saturated carbocycles. The largest absolute Gasteiger partial charge is 0.469 e. The minimum Gasteiger partial charge on any atom is -0.469 e. The molecule has 92 valence electrons. The van der Waals surface area contributed by atoms with Crippen molar-refractivity contribution < 1.29 is 9.53 Å². The van der Waals surface area contributed by atoms with Crippen molar-refractivity contribution in [3.8, 4) is 0 Å². The summed E-state index contributed by atoms with van der Waals surface area (Å²) in [6, 6.07) is 1.04. The van der Waals surface area contributed by atoms with Gasteiger partial charge in [0.2, 0.25) is 0 Å². The van der Waals surface area contributed by atoms with Gasteiger partial charge in [0.25, 0.3) is 0 Å². The number of hydrogen-bond acceptors (Lipinski definition) is 4. The molecule has 2 atom stereocenters. The number of rotatable bonds is 3. The number of esters is 1. The molecule has 0 amide bonds. The van der Waals surface area contributed by atoms with Crippen LogP contribution in [0.2, 0.25) is 0 Å². The van der Waals surface area contributed by atoms with Crippen molar-refractivity contribution in [3.05, 3.63) is 0 Å². The van der Waals surface area contributed by atoms with Crippen LogP contribution in [0.4, 0.5) is 0 Å². The first-order valence-corrected chi connectivity index (χ1v) is 6.24. The average molecular weight is 226 g/mol. The van der Waals surface area contributed by atoms with Crippen LogP contribution in [0.25, 0.3) is 0 Å². The van der Waals surface area contributed by atoms with Crippen molar-refractivity contribution in [1.29, 1.82) is 0 Å². The highest BCUT2D eigenvalue weighted by Gasteiger charge is 2.36. The zero-order valence-electron chi connectivity index (χ0n) is 10.2. The highest BCUT2D eigenvalue weighted by Crippen LogP contribution is 2.31. The zero-order chi connectivity index (χ0) is 11.5. The molecule has 2 fully saturated rings. The molecule has 0 radical (unpaired) electrons. The number of ether oxygens (including phenoxy) is 1. The van der Waals surface area contributed by atoms with E-state index in [-0.39, 0.29) is 5.97 Å². The molecule has 4 heteroatoms. The van der Waals surface area contributed by atoms with E-state index in [1.54, 1.807) is 0 Å². The second-order valence-corrected chi connectivity index (χ2v) is 5.13. The Labute approximate surface area is 97.3 Å². The molecule has 1 aliphatic carbocycles. The van der Waals surface area contributed by atoms with Crippen LogP contribution < -0.4 is 5.32 Å². The van der Waals surface area contributed by atoms with Gasteiger partial charge in [-0.1, -0.05) is 6.92 Å². The summed E-state index contributed by atoms with van der Waals surface area (Å²) in [6.45, 7) is 5.35. The fourth-order valence-corrected chi connectivity index (χ4v) is 2.51. The Morgan fingerprint density at radius 1 is 1.44 bits per heavy atom. The Balaban J connectivity index is 1.97. The van der Waals surface area contributed by atoms with Crippen molar-refractivity contribution >= 4 is 5.97 Å². The van der Waals surface area contributed by atoms with E-state index in [1.807, 2.05) is 0 Å². The fraction of sp³-hybridized carbons (Fsp3) is 0.917. The van der Waals surface area contributed by atoms with E-state index < -0.39 is 0 Å². The van der Waals surface area contributed by atoms with Crippen molar-refractivity contribution in [2.45, 2.75) is 38.3 Å². The Morgan fingerprint density at radius 3 is 2.81 bits per heavy atom. The number of carbonyl (C=O) groups is 1. The van der Waals surface area contributed by atoms with Gasteiger partial charge in [0, 0.05) is 25.2 Å². The van der Waals surface area contributed by atoms with E-state index in [0.29, 0.717) is 18.4 Å². The van der Waals surface area contributed by atoms with Gasteiger partial charge in [0.15, 0.2) is 0 Å². The van der Waals surface area contributed by atoms with E-state index in [1.165, 1.54) is 20.0 Å². The maximum atomic E-state index is 11.4. The van der Waals surface area contributed by atoms with Gasteiger partial charge in [-0.05, 0) is 25.3 Å². The van der Waals surface area contributed by atoms with Gasteiger partial charge in [-0.2, -0.15) is 0 Å². The van der Waals surface area contributed by atoms with E-state index in [9.17, 15) is 4.79 Å². The third-order valence-corrected chi connectivity index (χ3v) is 3.51. The van der Waals surface area contributed by atoms with E-state index in [4.69, 9.17) is 4.74 Å². The van der Waals surface area contributed by atoms with Crippen LogP contribution in [0.5, 0.6) is 0 Å². The van der Waals surface area contributed by atoms with Crippen LogP contribution >= 0.6 is 0 Å². The summed E-state index contributed by atoms with van der Waals surface area (Å²) in [4.78, 5) is 13.9. The SMILES string of the molecule is COC(=O)CC1CNCC(C)CN1C1CC1. The van der Waals surface area contributed by atoms with Crippen LogP contribution in [-0.4, -0.2) is 49.7 Å². The van der Waals surface area contributed by atoms with Crippen molar-refractivity contribution in [3.63, 3.8) is 0 Å². The van der Waals surface area contributed by atoms with Crippen LogP contribution in [0.15, 0.2) is 0 Å². The highest BCUT2D eigenvalue weighted by molar-refractivity contribution is 5.70. The molecule has 0 aromatic heterocycles. The Morgan fingerprint density at radius 2 is 2.19 bits per heavy atom. The van der Waals surface area contributed by atoms with Crippen LogP contribution in [-0.2, 0) is 9.53 Å². The van der Waals surface area contributed by atoms with Gasteiger partial charge in [-0.3, -0.25) is 9.69 Å². The lowest BCUT2D eigenvalue weighted by molar-refractivity contribution is -0.142. The molecular formula is C12H22N2O2. The molecule has 0 bridgehead atoms. The first-order chi connectivity index (χ1) is 7.70. The van der Waals surface area contributed by atoms with Crippen molar-refractivity contribution in [1.82, 2.24) is 10.2 Å². The molecule has 0 aromatic rings. The second kappa shape index (κ2) is 5.15. The number of methoxy groups -OCH3 is 1. The maximum absolute atomic E-state index is 11.4. The molecule has 2 rings (SSSR count). The zero-order valence-corrected chi connectivity index (χ0v) is 10.2. The predicted molar refractivity (Wildman–Crippen MR) is 62.2 cm³/mol. The highest BCUT2D eigenvalue weighted by atomic mass is 16.5. The molecule has 1 aliphatic heterocycles. The maximum Gasteiger partial charge on any atom is 0.307 e. The summed E-state index contributed by atoms with van der Waals surface area (Å²) in [5.41, 5.74) is 0. The summed E-state index contributed by atoms with van der Waals surface area (Å²) < 4.78 is 4.78. The Kier molecular flexibility index (Phi) is 3.82. The second-order valence-electron chi connectivity index (χ2n) is 5.13. The lowest BCUT2D eigenvalue weighted by Crippen LogP contribution is -2.43. The third kappa shape index (κ3) is 2.95. The molecule has 16 heavy (non-hydrogen) atoms. The smallest absolute Gasteiger partial charge is 0.307 e. The standard InChI is InChI=1S/C12H22N2O2/c1-9-6-13-7-11(5-12(15)16-2)14(8-9)10-3-4-10/h9-11,13H,3-8H2,1-2H3. The Hall–Kier alpha value is -0.610. The number of hydrogen-bond donors (Lipinski definition) is 1. The predicted octanol–water partition coefficient (Wildman–Crippen LogP) is 0.622. The van der Waals surface area contributed by atoms with Gasteiger partial charge in [-0.25, -0.2) is 0 Å². The molecule has 1 N–H and O–H groups in total. The van der Waals surface area contributed by atoms with Crippen molar-refractivity contribution in [2.75, 3.05) is 26.7 Å². The molecule has 1 heterocycles. The van der Waals surface area contributed by atoms with Crippen molar-refractivity contribution in [2.24, 2.45) is 5.92 Å². The third-order valence-electron chi connectivity index (χ3n) is 3.51. The van der Waals surface area contributed by atoms with Crippen LogP contribution in [0.1, 0.15) is 26.2 Å². The van der Waals surface area contributed by atoms with Gasteiger partial charge < -0.3 is 10.1 Å². The molecule has 2 aliphatic rings. The fourth-order valence-electron chi connectivity index (χ4n) is 2.51. The first kappa shape index (κ1) is 11.9. The number of carbonyl (C=O) groups excluding carboxylic acids is 1. The molecule has 2 unspecified atom stereocenters. The lowest BCUT2D eigenvalue weighted by Gasteiger charge is -2.29. The average Bonchev–Trinajstić information content (AvgIpc) is 3.06. The lowest BCUT2D eigenvalue weighted by atomic mass is 10.1. The minimum absolute atomic E-state index is 0.0907. The summed E-state index contributed by atoms with van der Waals surface area (Å²) >= 11 is 0. The number of nitrogens with one attached hydrogen (secondary N) is 1. The normalized spacial score (nSPS) is 32.1. The van der Waals surface area contributed by atoms with Crippen LogP contribution in [0.3, 0.4) is 0 Å². The van der Waals surface area contributed by atoms with E-state index in [0.717, 1.165) is 25.7 Å². The molecule has 4 nitrogen and oxygen atoms in total. The minimum atomic E-state index is -0.0907. The Bertz CT molecular complexity index is 253. The number of nitrogens with zero attached hydrogens (tertiary/aromatic N) is 1. The van der Waals surface area contributed by atoms with Gasteiger partial charge >= 0.3 is 5.97 Å². The summed E-state index contributed by atoms with van der Waals surface area (Å²) in [6.07, 6.45) is 3.11. The summed E-state index contributed by atoms with van der Waals surface area (Å²) in [7, 11) is 1.47. The van der Waals surface area contributed by atoms with E-state index >= 15 is 0 Å². The van der Waals surface area contributed by atoms with Gasteiger partial charge in [0.1, 0.15) is 0 Å². The summed E-state index contributed by atoms with van der Waals surface area (Å²) in [5.74, 6) is 0.579. The summed E-state index contributed by atoms with van der Waals surface area (Å²) in [5, 5.41) is 3.44. The quantitative estimate of drug-likeness (QED) is 0.716. The topological polar surface area (TPSA) is 41.6 Å². The molecule has 1 saturated heterocycles. The monoisotopic (exact) mass is 226 g/mol. The van der Waals surface area contributed by atoms with Gasteiger partial charge in [0.05, 0.1) is 13.5 Å². The van der Waals surface area contributed by atoms with E-state index in [2.05, 4.69) is 17.1 Å². The van der Waals surface area contributed by atoms with Gasteiger partial charge in [-0.15, -0.1) is 0 Å². The van der Waals surface area contributed by atoms with Crippen LogP contribution in [0, 0.1) is 5.92 Å².